The standard InChI is InChI=1S/C14H17N5/c1-9-3-2-4-11(16-9)13-17-18-14-12(10-5-6-10)15-7-8-19(13)14/h2-4,10,12,15H,5-8H2,1H3. The Bertz CT molecular complexity index is 614. The van der Waals surface area contributed by atoms with Crippen LogP contribution in [0.4, 0.5) is 0 Å². The average Bonchev–Trinajstić information content (AvgIpc) is 3.17. The molecule has 2 aliphatic rings. The lowest BCUT2D eigenvalue weighted by atomic mass is 10.1. The molecule has 0 amide bonds. The van der Waals surface area contributed by atoms with Crippen LogP contribution in [0.1, 0.15) is 30.4 Å². The molecule has 1 atom stereocenters. The van der Waals surface area contributed by atoms with Gasteiger partial charge in [0.05, 0.1) is 6.04 Å². The second-order valence-electron chi connectivity index (χ2n) is 5.47. The van der Waals surface area contributed by atoms with Crippen molar-refractivity contribution in [2.45, 2.75) is 32.4 Å². The van der Waals surface area contributed by atoms with E-state index in [1.807, 2.05) is 25.1 Å². The molecule has 0 aromatic carbocycles. The van der Waals surface area contributed by atoms with Crippen molar-refractivity contribution in [2.24, 2.45) is 5.92 Å². The van der Waals surface area contributed by atoms with Crippen LogP contribution in [0.5, 0.6) is 0 Å². The quantitative estimate of drug-likeness (QED) is 0.887. The number of aryl methyl sites for hydroxylation is 1. The van der Waals surface area contributed by atoms with E-state index in [2.05, 4.69) is 25.1 Å². The molecule has 1 unspecified atom stereocenters. The summed E-state index contributed by atoms with van der Waals surface area (Å²) in [6.07, 6.45) is 2.62. The first-order chi connectivity index (χ1) is 9.33. The number of hydrogen-bond donors (Lipinski definition) is 1. The Balaban J connectivity index is 1.78. The molecule has 1 saturated carbocycles. The molecular weight excluding hydrogens is 238 g/mol. The van der Waals surface area contributed by atoms with Crippen molar-refractivity contribution >= 4 is 0 Å². The summed E-state index contributed by atoms with van der Waals surface area (Å²) in [5, 5.41) is 12.4. The minimum absolute atomic E-state index is 0.389. The van der Waals surface area contributed by atoms with E-state index in [9.17, 15) is 0 Å². The van der Waals surface area contributed by atoms with Crippen LogP contribution in [-0.2, 0) is 6.54 Å². The van der Waals surface area contributed by atoms with E-state index in [0.717, 1.165) is 42.0 Å². The lowest BCUT2D eigenvalue weighted by Crippen LogP contribution is -2.35. The first-order valence-electron chi connectivity index (χ1n) is 6.93. The second kappa shape index (κ2) is 4.13. The van der Waals surface area contributed by atoms with Crippen LogP contribution >= 0.6 is 0 Å². The number of nitrogens with zero attached hydrogens (tertiary/aromatic N) is 4. The minimum atomic E-state index is 0.389. The van der Waals surface area contributed by atoms with Gasteiger partial charge in [0.15, 0.2) is 11.6 Å². The smallest absolute Gasteiger partial charge is 0.182 e. The predicted molar refractivity (Wildman–Crippen MR) is 71.5 cm³/mol. The molecule has 5 nitrogen and oxygen atoms in total. The fourth-order valence-electron chi connectivity index (χ4n) is 2.85. The third kappa shape index (κ3) is 1.85. The number of pyridine rings is 1. The van der Waals surface area contributed by atoms with E-state index in [4.69, 9.17) is 0 Å². The van der Waals surface area contributed by atoms with Crippen molar-refractivity contribution in [1.29, 1.82) is 0 Å². The van der Waals surface area contributed by atoms with Gasteiger partial charge in [0.25, 0.3) is 0 Å². The largest absolute Gasteiger partial charge is 0.307 e. The van der Waals surface area contributed by atoms with Crippen LogP contribution in [0.2, 0.25) is 0 Å². The van der Waals surface area contributed by atoms with Crippen molar-refractivity contribution in [1.82, 2.24) is 25.1 Å². The van der Waals surface area contributed by atoms with Crippen LogP contribution in [0.15, 0.2) is 18.2 Å². The summed E-state index contributed by atoms with van der Waals surface area (Å²) in [7, 11) is 0. The normalized spacial score (nSPS) is 22.3. The van der Waals surface area contributed by atoms with Crippen LogP contribution in [-0.4, -0.2) is 26.3 Å². The van der Waals surface area contributed by atoms with Crippen LogP contribution in [0.25, 0.3) is 11.5 Å². The molecule has 4 rings (SSSR count). The van der Waals surface area contributed by atoms with E-state index >= 15 is 0 Å². The summed E-state index contributed by atoms with van der Waals surface area (Å²) >= 11 is 0. The Hall–Kier alpha value is -1.75. The highest BCUT2D eigenvalue weighted by Crippen LogP contribution is 2.41. The fraction of sp³-hybridized carbons (Fsp3) is 0.500. The highest BCUT2D eigenvalue weighted by atomic mass is 15.3. The molecular formula is C14H17N5. The van der Waals surface area contributed by atoms with E-state index in [1.54, 1.807) is 0 Å². The van der Waals surface area contributed by atoms with Crippen molar-refractivity contribution in [3.05, 3.63) is 29.7 Å². The van der Waals surface area contributed by atoms with Gasteiger partial charge < -0.3 is 9.88 Å². The zero-order valence-corrected chi connectivity index (χ0v) is 11.0. The third-order valence-corrected chi connectivity index (χ3v) is 3.97. The van der Waals surface area contributed by atoms with Crippen LogP contribution in [0, 0.1) is 12.8 Å². The predicted octanol–water partition coefficient (Wildman–Crippen LogP) is 1.70. The van der Waals surface area contributed by atoms with Gasteiger partial charge in [-0.05, 0) is 37.8 Å². The Kier molecular flexibility index (Phi) is 2.41. The molecule has 0 bridgehead atoms. The summed E-state index contributed by atoms with van der Waals surface area (Å²) in [5.41, 5.74) is 1.94. The van der Waals surface area contributed by atoms with Crippen LogP contribution in [0.3, 0.4) is 0 Å². The fourth-order valence-corrected chi connectivity index (χ4v) is 2.85. The second-order valence-corrected chi connectivity index (χ2v) is 5.47. The number of hydrogen-bond acceptors (Lipinski definition) is 4. The Morgan fingerprint density at radius 2 is 2.16 bits per heavy atom. The van der Waals surface area contributed by atoms with E-state index < -0.39 is 0 Å². The molecule has 19 heavy (non-hydrogen) atoms. The van der Waals surface area contributed by atoms with Crippen molar-refractivity contribution in [2.75, 3.05) is 6.54 Å². The Morgan fingerprint density at radius 1 is 1.26 bits per heavy atom. The molecule has 5 heteroatoms. The third-order valence-electron chi connectivity index (χ3n) is 3.97. The molecule has 0 spiro atoms. The van der Waals surface area contributed by atoms with Crippen molar-refractivity contribution in [3.8, 4) is 11.5 Å². The van der Waals surface area contributed by atoms with Crippen LogP contribution < -0.4 is 5.32 Å². The van der Waals surface area contributed by atoms with Gasteiger partial charge in [0, 0.05) is 18.8 Å². The van der Waals surface area contributed by atoms with Gasteiger partial charge in [-0.25, -0.2) is 4.98 Å². The summed E-state index contributed by atoms with van der Waals surface area (Å²) in [4.78, 5) is 4.57. The molecule has 98 valence electrons. The minimum Gasteiger partial charge on any atom is -0.307 e. The molecule has 1 fully saturated rings. The zero-order chi connectivity index (χ0) is 12.8. The molecule has 0 saturated heterocycles. The molecule has 2 aromatic heterocycles. The molecule has 1 aliphatic heterocycles. The topological polar surface area (TPSA) is 55.6 Å². The van der Waals surface area contributed by atoms with Gasteiger partial charge in [-0.3, -0.25) is 0 Å². The van der Waals surface area contributed by atoms with Crippen molar-refractivity contribution < 1.29 is 0 Å². The van der Waals surface area contributed by atoms with E-state index in [-0.39, 0.29) is 0 Å². The summed E-state index contributed by atoms with van der Waals surface area (Å²) < 4.78 is 2.24. The molecule has 0 radical (unpaired) electrons. The van der Waals surface area contributed by atoms with E-state index in [1.165, 1.54) is 12.8 Å². The zero-order valence-electron chi connectivity index (χ0n) is 11.0. The Morgan fingerprint density at radius 3 is 2.95 bits per heavy atom. The van der Waals surface area contributed by atoms with Gasteiger partial charge in [0.1, 0.15) is 5.69 Å². The highest BCUT2D eigenvalue weighted by molar-refractivity contribution is 5.50. The average molecular weight is 255 g/mol. The maximum Gasteiger partial charge on any atom is 0.182 e. The molecule has 1 N–H and O–H groups in total. The lowest BCUT2D eigenvalue weighted by Gasteiger charge is -2.24. The van der Waals surface area contributed by atoms with Gasteiger partial charge in [-0.2, -0.15) is 0 Å². The number of nitrogens with one attached hydrogen (secondary N) is 1. The maximum atomic E-state index is 4.57. The molecule has 3 heterocycles. The highest BCUT2D eigenvalue weighted by Gasteiger charge is 2.37. The number of aromatic nitrogens is 4. The van der Waals surface area contributed by atoms with Gasteiger partial charge in [0.2, 0.25) is 0 Å². The summed E-state index contributed by atoms with van der Waals surface area (Å²) in [5.74, 6) is 2.75. The van der Waals surface area contributed by atoms with Gasteiger partial charge >= 0.3 is 0 Å². The number of rotatable bonds is 2. The lowest BCUT2D eigenvalue weighted by molar-refractivity contribution is 0.383. The molecule has 1 aliphatic carbocycles. The van der Waals surface area contributed by atoms with E-state index in [0.29, 0.717) is 6.04 Å². The summed E-state index contributed by atoms with van der Waals surface area (Å²) in [6, 6.07) is 6.43. The number of fused-ring (bicyclic) bond motifs is 1. The Labute approximate surface area is 112 Å². The van der Waals surface area contributed by atoms with Crippen molar-refractivity contribution in [3.63, 3.8) is 0 Å². The van der Waals surface area contributed by atoms with Gasteiger partial charge in [-0.1, -0.05) is 6.07 Å². The first-order valence-corrected chi connectivity index (χ1v) is 6.93. The monoisotopic (exact) mass is 255 g/mol. The maximum absolute atomic E-state index is 4.57. The summed E-state index contributed by atoms with van der Waals surface area (Å²) in [6.45, 7) is 3.92. The SMILES string of the molecule is Cc1cccc(-c2nnc3n2CCNC3C2CC2)n1. The van der Waals surface area contributed by atoms with Gasteiger partial charge in [-0.15, -0.1) is 10.2 Å². The molecule has 2 aromatic rings. The first kappa shape index (κ1) is 11.1.